The molecule has 0 aromatic carbocycles. The predicted molar refractivity (Wildman–Crippen MR) is 90.1 cm³/mol. The first-order valence-corrected chi connectivity index (χ1v) is 10.1. The minimum atomic E-state index is -3.01. The molecule has 132 valence electrons. The Morgan fingerprint density at radius 2 is 2.24 bits per heavy atom. The van der Waals surface area contributed by atoms with Gasteiger partial charge in [0, 0.05) is 12.3 Å². The molecule has 8 heteroatoms. The monoisotopic (exact) mass is 361 g/mol. The number of sulfone groups is 1. The van der Waals surface area contributed by atoms with E-state index in [0.717, 1.165) is 0 Å². The Hall–Kier alpha value is -2.22. The van der Waals surface area contributed by atoms with Gasteiger partial charge in [-0.15, -0.1) is 0 Å². The number of pyridine rings is 1. The van der Waals surface area contributed by atoms with Crippen molar-refractivity contribution in [2.75, 3.05) is 5.75 Å². The molecule has 2 fully saturated rings. The third kappa shape index (κ3) is 2.95. The second-order valence-electron chi connectivity index (χ2n) is 6.84. The van der Waals surface area contributed by atoms with Crippen LogP contribution in [0.3, 0.4) is 0 Å². The van der Waals surface area contributed by atoms with Crippen LogP contribution in [0.2, 0.25) is 0 Å². The number of fused-ring (bicyclic) bond motifs is 2. The SMILES string of the molecule is O=C(NCc1cc(-c2ccccn2)on1)C12CCC(C1)S(=O)(=O)CC2. The van der Waals surface area contributed by atoms with Crippen LogP contribution in [0, 0.1) is 5.41 Å². The first-order chi connectivity index (χ1) is 12.0. The van der Waals surface area contributed by atoms with Gasteiger partial charge in [0.2, 0.25) is 5.91 Å². The van der Waals surface area contributed by atoms with E-state index < -0.39 is 15.3 Å². The number of hydrogen-bond donors (Lipinski definition) is 1. The molecule has 7 nitrogen and oxygen atoms in total. The fourth-order valence-electron chi connectivity index (χ4n) is 3.82. The molecule has 2 aliphatic rings. The van der Waals surface area contributed by atoms with E-state index in [2.05, 4.69) is 15.5 Å². The van der Waals surface area contributed by atoms with Crippen LogP contribution in [0.25, 0.3) is 11.5 Å². The molecule has 3 heterocycles. The topological polar surface area (TPSA) is 102 Å². The van der Waals surface area contributed by atoms with E-state index in [0.29, 0.717) is 42.8 Å². The van der Waals surface area contributed by atoms with Gasteiger partial charge in [-0.1, -0.05) is 11.2 Å². The van der Waals surface area contributed by atoms with Crippen molar-refractivity contribution in [3.8, 4) is 11.5 Å². The van der Waals surface area contributed by atoms with E-state index in [1.54, 1.807) is 12.3 Å². The molecule has 0 radical (unpaired) electrons. The molecule has 1 amide bonds. The van der Waals surface area contributed by atoms with E-state index in [1.165, 1.54) is 0 Å². The van der Waals surface area contributed by atoms with Gasteiger partial charge in [0.05, 0.1) is 23.0 Å². The van der Waals surface area contributed by atoms with Crippen molar-refractivity contribution in [2.24, 2.45) is 5.41 Å². The van der Waals surface area contributed by atoms with E-state index in [4.69, 9.17) is 4.52 Å². The summed E-state index contributed by atoms with van der Waals surface area (Å²) in [6, 6.07) is 7.25. The zero-order chi connectivity index (χ0) is 17.5. The molecule has 1 saturated heterocycles. The zero-order valence-corrected chi connectivity index (χ0v) is 14.5. The van der Waals surface area contributed by atoms with Crippen molar-refractivity contribution >= 4 is 15.7 Å². The second-order valence-corrected chi connectivity index (χ2v) is 9.24. The van der Waals surface area contributed by atoms with Crippen molar-refractivity contribution in [1.82, 2.24) is 15.5 Å². The number of carbonyl (C=O) groups is 1. The van der Waals surface area contributed by atoms with Gasteiger partial charge < -0.3 is 9.84 Å². The summed E-state index contributed by atoms with van der Waals surface area (Å²) >= 11 is 0. The number of nitrogens with one attached hydrogen (secondary N) is 1. The normalized spacial score (nSPS) is 27.1. The first kappa shape index (κ1) is 16.3. The van der Waals surface area contributed by atoms with Crippen molar-refractivity contribution < 1.29 is 17.7 Å². The number of nitrogens with zero attached hydrogens (tertiary/aromatic N) is 2. The molecule has 1 aliphatic carbocycles. The van der Waals surface area contributed by atoms with E-state index in [-0.39, 0.29) is 23.5 Å². The number of carbonyl (C=O) groups excluding carboxylic acids is 1. The summed E-state index contributed by atoms with van der Waals surface area (Å²) in [7, 11) is -3.01. The highest BCUT2D eigenvalue weighted by atomic mass is 32.2. The molecule has 25 heavy (non-hydrogen) atoms. The minimum absolute atomic E-state index is 0.0766. The standard InChI is InChI=1S/C17H19N3O4S/c21-16(17-5-4-13(10-17)25(22,23)8-6-17)19-11-12-9-15(24-20-12)14-3-1-2-7-18-14/h1-3,7,9,13H,4-6,8,10-11H2,(H,19,21). The molecular formula is C17H19N3O4S. The number of aromatic nitrogens is 2. The fraction of sp³-hybridized carbons (Fsp3) is 0.471. The lowest BCUT2D eigenvalue weighted by Gasteiger charge is -2.31. The maximum atomic E-state index is 12.7. The molecule has 2 atom stereocenters. The van der Waals surface area contributed by atoms with E-state index in [1.807, 2.05) is 18.2 Å². The molecule has 4 rings (SSSR count). The van der Waals surface area contributed by atoms with Crippen LogP contribution in [0.5, 0.6) is 0 Å². The van der Waals surface area contributed by atoms with Crippen LogP contribution < -0.4 is 5.32 Å². The lowest BCUT2D eigenvalue weighted by atomic mass is 9.82. The number of hydrogen-bond acceptors (Lipinski definition) is 6. The summed E-state index contributed by atoms with van der Waals surface area (Å²) in [6.45, 7) is 0.258. The third-order valence-corrected chi connectivity index (χ3v) is 7.52. The van der Waals surface area contributed by atoms with E-state index in [9.17, 15) is 13.2 Å². The highest BCUT2D eigenvalue weighted by Gasteiger charge is 2.52. The molecule has 2 aromatic heterocycles. The van der Waals surface area contributed by atoms with Gasteiger partial charge in [-0.3, -0.25) is 9.78 Å². The Labute approximate surface area is 145 Å². The molecule has 1 aliphatic heterocycles. The fourth-order valence-corrected chi connectivity index (χ4v) is 5.88. The van der Waals surface area contributed by atoms with Gasteiger partial charge in [-0.25, -0.2) is 8.42 Å². The second kappa shape index (κ2) is 5.94. The summed E-state index contributed by atoms with van der Waals surface area (Å²) in [4.78, 5) is 16.9. The Bertz CT molecular complexity index is 894. The highest BCUT2D eigenvalue weighted by Crippen LogP contribution is 2.48. The van der Waals surface area contributed by atoms with Gasteiger partial charge in [-0.2, -0.15) is 0 Å². The average Bonchev–Trinajstić information content (AvgIpc) is 3.25. The third-order valence-electron chi connectivity index (χ3n) is 5.32. The number of amides is 1. The highest BCUT2D eigenvalue weighted by molar-refractivity contribution is 7.92. The lowest BCUT2D eigenvalue weighted by Crippen LogP contribution is -2.44. The Kier molecular flexibility index (Phi) is 3.87. The molecular weight excluding hydrogens is 342 g/mol. The smallest absolute Gasteiger partial charge is 0.226 e. The molecule has 1 N–H and O–H groups in total. The Morgan fingerprint density at radius 1 is 1.36 bits per heavy atom. The maximum absolute atomic E-state index is 12.7. The molecule has 2 bridgehead atoms. The summed E-state index contributed by atoms with van der Waals surface area (Å²) in [5.74, 6) is 0.582. The summed E-state index contributed by atoms with van der Waals surface area (Å²) < 4.78 is 29.2. The van der Waals surface area contributed by atoms with Gasteiger partial charge in [0.1, 0.15) is 11.4 Å². The predicted octanol–water partition coefficient (Wildman–Crippen LogP) is 1.71. The van der Waals surface area contributed by atoms with Crippen LogP contribution in [0.4, 0.5) is 0 Å². The summed E-state index contributed by atoms with van der Waals surface area (Å²) in [5, 5.41) is 6.52. The van der Waals surface area contributed by atoms with Crippen molar-refractivity contribution in [2.45, 2.75) is 37.5 Å². The summed E-state index contributed by atoms with van der Waals surface area (Å²) in [6.07, 6.45) is 3.76. The van der Waals surface area contributed by atoms with Crippen LogP contribution >= 0.6 is 0 Å². The van der Waals surface area contributed by atoms with Crippen molar-refractivity contribution in [3.63, 3.8) is 0 Å². The van der Waals surface area contributed by atoms with Crippen molar-refractivity contribution in [1.29, 1.82) is 0 Å². The Morgan fingerprint density at radius 3 is 3.04 bits per heavy atom. The van der Waals surface area contributed by atoms with Gasteiger partial charge in [0.25, 0.3) is 0 Å². The van der Waals surface area contributed by atoms with Crippen LogP contribution in [-0.2, 0) is 21.2 Å². The van der Waals surface area contributed by atoms with Gasteiger partial charge in [-0.05, 0) is 37.8 Å². The van der Waals surface area contributed by atoms with E-state index >= 15 is 0 Å². The number of rotatable bonds is 4. The van der Waals surface area contributed by atoms with Gasteiger partial charge in [0.15, 0.2) is 15.6 Å². The van der Waals surface area contributed by atoms with Crippen LogP contribution in [0.15, 0.2) is 35.0 Å². The quantitative estimate of drug-likeness (QED) is 0.889. The molecule has 0 spiro atoms. The molecule has 1 saturated carbocycles. The minimum Gasteiger partial charge on any atom is -0.354 e. The average molecular weight is 361 g/mol. The van der Waals surface area contributed by atoms with Gasteiger partial charge >= 0.3 is 0 Å². The molecule has 2 unspecified atom stereocenters. The largest absolute Gasteiger partial charge is 0.354 e. The van der Waals surface area contributed by atoms with Crippen LogP contribution in [-0.4, -0.2) is 35.5 Å². The molecule has 2 aromatic rings. The Balaban J connectivity index is 1.41. The van der Waals surface area contributed by atoms with Crippen molar-refractivity contribution in [3.05, 3.63) is 36.2 Å². The summed E-state index contributed by atoms with van der Waals surface area (Å²) in [5.41, 5.74) is 0.759. The zero-order valence-electron chi connectivity index (χ0n) is 13.6. The lowest BCUT2D eigenvalue weighted by molar-refractivity contribution is -0.131. The maximum Gasteiger partial charge on any atom is 0.226 e. The van der Waals surface area contributed by atoms with Crippen LogP contribution in [0.1, 0.15) is 31.4 Å². The first-order valence-electron chi connectivity index (χ1n) is 8.35.